The Morgan fingerprint density at radius 3 is 2.90 bits per heavy atom. The van der Waals surface area contributed by atoms with Gasteiger partial charge in [-0.2, -0.15) is 0 Å². The molecule has 1 fully saturated rings. The van der Waals surface area contributed by atoms with Crippen molar-refractivity contribution in [2.24, 2.45) is 0 Å². The summed E-state index contributed by atoms with van der Waals surface area (Å²) in [6.07, 6.45) is 3.35. The number of aliphatic hydroxyl groups excluding tert-OH is 1. The third-order valence-corrected chi connectivity index (χ3v) is 4.43. The van der Waals surface area contributed by atoms with Crippen LogP contribution in [0.4, 0.5) is 5.69 Å². The lowest BCUT2D eigenvalue weighted by Crippen LogP contribution is -2.44. The summed E-state index contributed by atoms with van der Waals surface area (Å²) < 4.78 is 0.548. The van der Waals surface area contributed by atoms with Gasteiger partial charge in [0.25, 0.3) is 11.6 Å². The van der Waals surface area contributed by atoms with Crippen molar-refractivity contribution >= 4 is 27.5 Å². The number of amides is 1. The van der Waals surface area contributed by atoms with E-state index in [1.165, 1.54) is 18.2 Å². The maximum Gasteiger partial charge on any atom is 0.270 e. The Hall–Kier alpha value is -1.47. The van der Waals surface area contributed by atoms with Crippen molar-refractivity contribution in [3.8, 4) is 0 Å². The molecular weight excluding hydrogens is 340 g/mol. The molecule has 0 bridgehead atoms. The van der Waals surface area contributed by atoms with E-state index in [0.717, 1.165) is 19.3 Å². The predicted molar refractivity (Wildman–Crippen MR) is 81.2 cm³/mol. The number of non-ortho nitro benzene ring substituents is 1. The third-order valence-electron chi connectivity index (χ3n) is 3.74. The van der Waals surface area contributed by atoms with Gasteiger partial charge in [-0.25, -0.2) is 0 Å². The summed E-state index contributed by atoms with van der Waals surface area (Å²) in [4.78, 5) is 24.8. The molecule has 0 radical (unpaired) electrons. The van der Waals surface area contributed by atoms with Gasteiger partial charge in [0.05, 0.1) is 10.5 Å². The van der Waals surface area contributed by atoms with E-state index in [1.807, 2.05) is 0 Å². The number of hydrogen-bond donors (Lipinski definition) is 1. The molecule has 1 atom stereocenters. The minimum Gasteiger partial charge on any atom is -0.396 e. The quantitative estimate of drug-likeness (QED) is 0.663. The molecule has 2 rings (SSSR count). The molecule has 21 heavy (non-hydrogen) atoms. The van der Waals surface area contributed by atoms with E-state index >= 15 is 0 Å². The monoisotopic (exact) mass is 356 g/mol. The summed E-state index contributed by atoms with van der Waals surface area (Å²) in [5, 5.41) is 20.0. The molecule has 7 heteroatoms. The van der Waals surface area contributed by atoms with Crippen LogP contribution in [0, 0.1) is 10.1 Å². The van der Waals surface area contributed by atoms with E-state index in [9.17, 15) is 14.9 Å². The molecule has 0 spiro atoms. The van der Waals surface area contributed by atoms with Crippen LogP contribution in [0.25, 0.3) is 0 Å². The normalized spacial score (nSPS) is 18.6. The molecule has 0 saturated carbocycles. The highest BCUT2D eigenvalue weighted by molar-refractivity contribution is 9.10. The van der Waals surface area contributed by atoms with Crippen LogP contribution in [-0.2, 0) is 0 Å². The van der Waals surface area contributed by atoms with Crippen molar-refractivity contribution in [3.05, 3.63) is 38.3 Å². The highest BCUT2D eigenvalue weighted by Crippen LogP contribution is 2.27. The van der Waals surface area contributed by atoms with Crippen LogP contribution < -0.4 is 0 Å². The second-order valence-electron chi connectivity index (χ2n) is 5.08. The Balaban J connectivity index is 2.29. The van der Waals surface area contributed by atoms with Crippen molar-refractivity contribution in [2.45, 2.75) is 31.7 Å². The fourth-order valence-corrected chi connectivity index (χ4v) is 3.08. The molecule has 0 aromatic heterocycles. The Labute approximate surface area is 131 Å². The Bertz CT molecular complexity index is 548. The summed E-state index contributed by atoms with van der Waals surface area (Å²) in [6, 6.07) is 4.19. The molecule has 1 aromatic carbocycles. The molecule has 1 aliphatic rings. The number of nitro benzene ring substituents is 1. The maximum atomic E-state index is 12.7. The first kappa shape index (κ1) is 15.9. The largest absolute Gasteiger partial charge is 0.396 e. The summed E-state index contributed by atoms with van der Waals surface area (Å²) >= 11 is 3.29. The molecule has 1 unspecified atom stereocenters. The zero-order valence-electron chi connectivity index (χ0n) is 11.5. The van der Waals surface area contributed by atoms with Crippen molar-refractivity contribution in [3.63, 3.8) is 0 Å². The molecule has 6 nitrogen and oxygen atoms in total. The van der Waals surface area contributed by atoms with Crippen LogP contribution in [0.15, 0.2) is 22.7 Å². The summed E-state index contributed by atoms with van der Waals surface area (Å²) in [5.74, 6) is -0.219. The number of nitro groups is 1. The molecule has 1 amide bonds. The molecule has 1 saturated heterocycles. The van der Waals surface area contributed by atoms with Crippen LogP contribution in [-0.4, -0.2) is 40.0 Å². The lowest BCUT2D eigenvalue weighted by Gasteiger charge is -2.35. The fraction of sp³-hybridized carbons (Fsp3) is 0.500. The Morgan fingerprint density at radius 1 is 1.48 bits per heavy atom. The lowest BCUT2D eigenvalue weighted by atomic mass is 9.98. The number of benzene rings is 1. The number of piperidine rings is 1. The van der Waals surface area contributed by atoms with Crippen molar-refractivity contribution in [2.75, 3.05) is 13.2 Å². The molecule has 114 valence electrons. The van der Waals surface area contributed by atoms with E-state index in [2.05, 4.69) is 15.9 Å². The average molecular weight is 357 g/mol. The minimum absolute atomic E-state index is 0.00223. The number of hydrogen-bond acceptors (Lipinski definition) is 4. The van der Waals surface area contributed by atoms with Crippen molar-refractivity contribution in [1.29, 1.82) is 0 Å². The van der Waals surface area contributed by atoms with Gasteiger partial charge in [0.1, 0.15) is 0 Å². The lowest BCUT2D eigenvalue weighted by molar-refractivity contribution is -0.384. The number of rotatable bonds is 4. The van der Waals surface area contributed by atoms with Crippen molar-refractivity contribution < 1.29 is 14.8 Å². The van der Waals surface area contributed by atoms with Crippen LogP contribution in [0.5, 0.6) is 0 Å². The number of carbonyl (C=O) groups is 1. The highest BCUT2D eigenvalue weighted by atomic mass is 79.9. The number of halogens is 1. The predicted octanol–water partition coefficient (Wildman–Crippen LogP) is 2.73. The van der Waals surface area contributed by atoms with Crippen LogP contribution >= 0.6 is 15.9 Å². The van der Waals surface area contributed by atoms with Gasteiger partial charge in [-0.05, 0) is 47.7 Å². The van der Waals surface area contributed by atoms with Gasteiger partial charge in [0.2, 0.25) is 0 Å². The maximum absolute atomic E-state index is 12.7. The van der Waals surface area contributed by atoms with E-state index in [4.69, 9.17) is 5.11 Å². The second-order valence-corrected chi connectivity index (χ2v) is 5.94. The van der Waals surface area contributed by atoms with Crippen LogP contribution in [0.2, 0.25) is 0 Å². The van der Waals surface area contributed by atoms with Gasteiger partial charge in [0.15, 0.2) is 0 Å². The molecular formula is C14H17BrN2O4. The highest BCUT2D eigenvalue weighted by Gasteiger charge is 2.29. The molecule has 0 aliphatic carbocycles. The van der Waals surface area contributed by atoms with E-state index in [0.29, 0.717) is 23.0 Å². The first-order chi connectivity index (χ1) is 10.0. The van der Waals surface area contributed by atoms with E-state index < -0.39 is 4.92 Å². The van der Waals surface area contributed by atoms with Crippen molar-refractivity contribution in [1.82, 2.24) is 4.90 Å². The van der Waals surface area contributed by atoms with Gasteiger partial charge in [-0.15, -0.1) is 0 Å². The number of aliphatic hydroxyl groups is 1. The standard InChI is InChI=1S/C14H17BrN2O4/c15-13-5-4-11(17(20)21)9-12(13)14(19)16-7-2-1-3-10(16)6-8-18/h4-5,9-10,18H,1-3,6-8H2. The molecule has 1 aliphatic heterocycles. The van der Waals surface area contributed by atoms with Gasteiger partial charge in [0, 0.05) is 35.8 Å². The molecule has 1 N–H and O–H groups in total. The zero-order valence-corrected chi connectivity index (χ0v) is 13.1. The Kier molecular flexibility index (Phi) is 5.30. The molecule has 1 heterocycles. The topological polar surface area (TPSA) is 83.7 Å². The minimum atomic E-state index is -0.509. The number of likely N-dealkylation sites (tertiary alicyclic amines) is 1. The number of nitrogens with zero attached hydrogens (tertiary/aromatic N) is 2. The van der Waals surface area contributed by atoms with E-state index in [-0.39, 0.29) is 24.2 Å². The smallest absolute Gasteiger partial charge is 0.270 e. The summed E-state index contributed by atoms with van der Waals surface area (Å²) in [7, 11) is 0. The van der Waals surface area contributed by atoms with Gasteiger partial charge < -0.3 is 10.0 Å². The Morgan fingerprint density at radius 2 is 2.24 bits per heavy atom. The van der Waals surface area contributed by atoms with E-state index in [1.54, 1.807) is 4.90 Å². The van der Waals surface area contributed by atoms with Gasteiger partial charge >= 0.3 is 0 Å². The van der Waals surface area contributed by atoms with Crippen LogP contribution in [0.1, 0.15) is 36.0 Å². The third kappa shape index (κ3) is 3.59. The summed E-state index contributed by atoms with van der Waals surface area (Å²) in [6.45, 7) is 0.656. The number of carbonyl (C=O) groups excluding carboxylic acids is 1. The average Bonchev–Trinajstić information content (AvgIpc) is 2.47. The first-order valence-electron chi connectivity index (χ1n) is 6.90. The zero-order chi connectivity index (χ0) is 15.4. The van der Waals surface area contributed by atoms with Crippen LogP contribution in [0.3, 0.4) is 0 Å². The van der Waals surface area contributed by atoms with Gasteiger partial charge in [-0.1, -0.05) is 0 Å². The molecule has 1 aromatic rings. The first-order valence-corrected chi connectivity index (χ1v) is 7.69. The summed E-state index contributed by atoms with van der Waals surface area (Å²) in [5.41, 5.74) is 0.200. The SMILES string of the molecule is O=C(c1cc([N+](=O)[O-])ccc1Br)N1CCCCC1CCO. The fourth-order valence-electron chi connectivity index (χ4n) is 2.66. The van der Waals surface area contributed by atoms with Gasteiger partial charge in [-0.3, -0.25) is 14.9 Å². The second kappa shape index (κ2) is 7.00.